The van der Waals surface area contributed by atoms with Crippen LogP contribution in [0.4, 0.5) is 0 Å². The number of aliphatic hydroxyl groups excluding tert-OH is 4. The second kappa shape index (κ2) is 6.87. The maximum atomic E-state index is 12.5. The van der Waals surface area contributed by atoms with E-state index in [-0.39, 0.29) is 27.5 Å². The number of rotatable bonds is 3. The Labute approximate surface area is 146 Å². The van der Waals surface area contributed by atoms with Crippen molar-refractivity contribution in [1.82, 2.24) is 0 Å². The first kappa shape index (κ1) is 18.1. The molecule has 8 nitrogen and oxygen atoms in total. The first-order valence-corrected chi connectivity index (χ1v) is 8.43. The number of ketones is 2. The molecule has 5 atom stereocenters. The van der Waals surface area contributed by atoms with E-state index in [4.69, 9.17) is 4.74 Å². The summed E-state index contributed by atoms with van der Waals surface area (Å²) in [4.78, 5) is 24.6. The molecule has 1 fully saturated rings. The average Bonchev–Trinajstić information content (AvgIpc) is 2.58. The summed E-state index contributed by atoms with van der Waals surface area (Å²) < 4.78 is 5.03. The van der Waals surface area contributed by atoms with Gasteiger partial charge in [-0.05, 0) is 6.07 Å². The number of hydrogen-bond acceptors (Lipinski definition) is 9. The van der Waals surface area contributed by atoms with Crippen LogP contribution in [0.25, 0.3) is 0 Å². The smallest absolute Gasteiger partial charge is 0.203 e. The summed E-state index contributed by atoms with van der Waals surface area (Å²) in [6.07, 6.45) is -6.32. The van der Waals surface area contributed by atoms with Crippen LogP contribution >= 0.6 is 11.8 Å². The number of fused-ring (bicyclic) bond motifs is 1. The first-order chi connectivity index (χ1) is 11.8. The second-order valence-electron chi connectivity index (χ2n) is 5.75. The average molecular weight is 368 g/mol. The van der Waals surface area contributed by atoms with E-state index < -0.39 is 42.3 Å². The van der Waals surface area contributed by atoms with E-state index in [2.05, 4.69) is 0 Å². The van der Waals surface area contributed by atoms with E-state index in [9.17, 15) is 35.1 Å². The number of benzene rings is 1. The largest absolute Gasteiger partial charge is 0.507 e. The number of hydrogen-bond donors (Lipinski definition) is 5. The molecule has 0 amide bonds. The highest BCUT2D eigenvalue weighted by Gasteiger charge is 2.43. The highest BCUT2D eigenvalue weighted by Crippen LogP contribution is 2.34. The third-order valence-electron chi connectivity index (χ3n) is 4.11. The third-order valence-corrected chi connectivity index (χ3v) is 5.22. The van der Waals surface area contributed by atoms with Gasteiger partial charge in [0, 0.05) is 17.4 Å². The zero-order chi connectivity index (χ0) is 18.3. The van der Waals surface area contributed by atoms with Crippen LogP contribution < -0.4 is 0 Å². The maximum Gasteiger partial charge on any atom is 0.203 e. The molecule has 0 bridgehead atoms. The molecule has 1 unspecified atom stereocenters. The zero-order valence-electron chi connectivity index (χ0n) is 12.8. The van der Waals surface area contributed by atoms with E-state index in [1.807, 2.05) is 0 Å². The Balaban J connectivity index is 1.75. The molecule has 3 rings (SSSR count). The molecule has 1 aliphatic carbocycles. The molecule has 5 N–H and O–H groups in total. The highest BCUT2D eigenvalue weighted by atomic mass is 32.2. The van der Waals surface area contributed by atoms with E-state index in [0.29, 0.717) is 0 Å². The molecule has 1 aliphatic heterocycles. The monoisotopic (exact) mass is 368 g/mol. The number of phenolic OH excluding ortho intramolecular Hbond substituents is 1. The van der Waals surface area contributed by atoms with E-state index >= 15 is 0 Å². The lowest BCUT2D eigenvalue weighted by atomic mass is 9.94. The van der Waals surface area contributed by atoms with Crippen LogP contribution in [-0.2, 0) is 4.74 Å². The maximum absolute atomic E-state index is 12.5. The van der Waals surface area contributed by atoms with Crippen LogP contribution in [0.15, 0.2) is 29.2 Å². The molecule has 1 aromatic carbocycles. The molecule has 1 heterocycles. The zero-order valence-corrected chi connectivity index (χ0v) is 13.6. The summed E-state index contributed by atoms with van der Waals surface area (Å²) in [6.45, 7) is 0. The summed E-state index contributed by atoms with van der Waals surface area (Å²) in [5, 5.41) is 48.4. The highest BCUT2D eigenvalue weighted by molar-refractivity contribution is 8.04. The van der Waals surface area contributed by atoms with Crippen LogP contribution in [-0.4, -0.2) is 73.6 Å². The van der Waals surface area contributed by atoms with Gasteiger partial charge in [0.25, 0.3) is 0 Å². The number of aromatic hydroxyl groups is 1. The van der Waals surface area contributed by atoms with Crippen LogP contribution in [0, 0.1) is 0 Å². The molecular formula is C16H16O8S. The molecule has 2 aliphatic rings. The predicted molar refractivity (Wildman–Crippen MR) is 86.2 cm³/mol. The number of thioether (sulfide) groups is 1. The Morgan fingerprint density at radius 1 is 1.04 bits per heavy atom. The lowest BCUT2D eigenvalue weighted by Crippen LogP contribution is -2.58. The van der Waals surface area contributed by atoms with Crippen molar-refractivity contribution in [1.29, 1.82) is 0 Å². The van der Waals surface area contributed by atoms with Gasteiger partial charge in [0.15, 0.2) is 12.1 Å². The Morgan fingerprint density at radius 2 is 1.76 bits per heavy atom. The van der Waals surface area contributed by atoms with Crippen molar-refractivity contribution < 1.29 is 39.9 Å². The molecule has 0 radical (unpaired) electrons. The van der Waals surface area contributed by atoms with Gasteiger partial charge in [-0.1, -0.05) is 12.1 Å². The summed E-state index contributed by atoms with van der Waals surface area (Å²) in [7, 11) is 0. The minimum atomic E-state index is -1.67. The molecule has 0 spiro atoms. The fourth-order valence-corrected chi connectivity index (χ4v) is 3.76. The predicted octanol–water partition coefficient (Wildman–Crippen LogP) is -0.812. The SMILES string of the molecule is O=C1C=C(SC[C@H]2OC(O)[C@H](O)[C@@H](O)[C@@H]2O)C(=O)c2c(O)cccc21. The Hall–Kier alpha value is -1.75. The number of aliphatic hydroxyl groups is 4. The fraction of sp³-hybridized carbons (Fsp3) is 0.375. The lowest BCUT2D eigenvalue weighted by Gasteiger charge is -2.38. The van der Waals surface area contributed by atoms with Crippen molar-refractivity contribution in [2.75, 3.05) is 5.75 Å². The van der Waals surface area contributed by atoms with E-state index in [1.165, 1.54) is 18.2 Å². The molecule has 1 aromatic rings. The number of ether oxygens (including phenoxy) is 1. The molecule has 0 saturated carbocycles. The fourth-order valence-electron chi connectivity index (χ4n) is 2.72. The number of allylic oxidation sites excluding steroid dienone is 2. The molecule has 9 heteroatoms. The van der Waals surface area contributed by atoms with Gasteiger partial charge in [0.05, 0.1) is 16.6 Å². The number of carbonyl (C=O) groups is 2. The minimum absolute atomic E-state index is 0.0462. The van der Waals surface area contributed by atoms with E-state index in [1.54, 1.807) is 0 Å². The van der Waals surface area contributed by atoms with Crippen LogP contribution in [0.3, 0.4) is 0 Å². The molecule has 1 saturated heterocycles. The summed E-state index contributed by atoms with van der Waals surface area (Å²) in [5.74, 6) is -1.34. The van der Waals surface area contributed by atoms with Gasteiger partial charge >= 0.3 is 0 Å². The minimum Gasteiger partial charge on any atom is -0.507 e. The second-order valence-corrected chi connectivity index (χ2v) is 6.81. The number of phenols is 1. The Kier molecular flexibility index (Phi) is 4.96. The molecule has 25 heavy (non-hydrogen) atoms. The normalized spacial score (nSPS) is 32.3. The first-order valence-electron chi connectivity index (χ1n) is 7.44. The quantitative estimate of drug-likeness (QED) is 0.462. The third kappa shape index (κ3) is 3.22. The van der Waals surface area contributed by atoms with Gasteiger partial charge in [-0.15, -0.1) is 11.8 Å². The number of Topliss-reactive ketones (excluding diaryl/α,β-unsaturated/α-hetero) is 1. The van der Waals surface area contributed by atoms with Gasteiger partial charge in [-0.3, -0.25) is 9.59 Å². The van der Waals surface area contributed by atoms with Gasteiger partial charge in [-0.2, -0.15) is 0 Å². The topological polar surface area (TPSA) is 145 Å². The lowest BCUT2D eigenvalue weighted by molar-refractivity contribution is -0.276. The van der Waals surface area contributed by atoms with Crippen LogP contribution in [0.5, 0.6) is 5.75 Å². The summed E-state index contributed by atoms with van der Waals surface area (Å²) in [6, 6.07) is 4.21. The van der Waals surface area contributed by atoms with Crippen LogP contribution in [0.2, 0.25) is 0 Å². The molecular weight excluding hydrogens is 352 g/mol. The molecule has 0 aromatic heterocycles. The van der Waals surface area contributed by atoms with Gasteiger partial charge < -0.3 is 30.3 Å². The van der Waals surface area contributed by atoms with Crippen molar-refractivity contribution in [3.05, 3.63) is 40.3 Å². The Morgan fingerprint density at radius 3 is 2.48 bits per heavy atom. The van der Waals surface area contributed by atoms with Crippen molar-refractivity contribution >= 4 is 23.3 Å². The van der Waals surface area contributed by atoms with Crippen molar-refractivity contribution in [3.63, 3.8) is 0 Å². The molecule has 134 valence electrons. The number of carbonyl (C=O) groups excluding carboxylic acids is 2. The van der Waals surface area contributed by atoms with Crippen molar-refractivity contribution in [2.45, 2.75) is 30.7 Å². The van der Waals surface area contributed by atoms with Gasteiger partial charge in [0.1, 0.15) is 24.1 Å². The Bertz CT molecular complexity index is 746. The summed E-state index contributed by atoms with van der Waals surface area (Å²) >= 11 is 0.888. The standard InChI is InChI=1S/C16H16O8S/c17-7-3-1-2-6-8(18)4-10(13(20)11(6)7)25-5-9-12(19)14(21)15(22)16(23)24-9/h1-4,9,12,14-17,19,21-23H,5H2/t9-,12-,14+,15-,16?/m1/s1. The van der Waals surface area contributed by atoms with Gasteiger partial charge in [-0.25, -0.2) is 0 Å². The van der Waals surface area contributed by atoms with Crippen LogP contribution in [0.1, 0.15) is 20.7 Å². The summed E-state index contributed by atoms with van der Waals surface area (Å²) in [5.41, 5.74) is 0.0235. The van der Waals surface area contributed by atoms with Crippen molar-refractivity contribution in [3.8, 4) is 5.75 Å². The van der Waals surface area contributed by atoms with Crippen molar-refractivity contribution in [2.24, 2.45) is 0 Å². The van der Waals surface area contributed by atoms with E-state index in [0.717, 1.165) is 17.8 Å². The van der Waals surface area contributed by atoms with Gasteiger partial charge in [0.2, 0.25) is 5.78 Å².